The van der Waals surface area contributed by atoms with Crippen LogP contribution in [-0.4, -0.2) is 36.6 Å². The minimum Gasteiger partial charge on any atom is -0.485 e. The number of benzene rings is 2. The zero-order valence-corrected chi connectivity index (χ0v) is 13.9. The molecule has 130 valence electrons. The van der Waals surface area contributed by atoms with Gasteiger partial charge in [-0.1, -0.05) is 30.3 Å². The van der Waals surface area contributed by atoms with Crippen LogP contribution in [0.1, 0.15) is 24.3 Å². The molecule has 25 heavy (non-hydrogen) atoms. The molecule has 5 heteroatoms. The maximum atomic E-state index is 14.1. The fourth-order valence-electron chi connectivity index (χ4n) is 3.58. The molecule has 2 heterocycles. The Bertz CT molecular complexity index is 779. The number of para-hydroxylation sites is 2. The lowest BCUT2D eigenvalue weighted by Crippen LogP contribution is -2.49. The van der Waals surface area contributed by atoms with Crippen LogP contribution in [0.3, 0.4) is 0 Å². The summed E-state index contributed by atoms with van der Waals surface area (Å²) >= 11 is 0. The quantitative estimate of drug-likeness (QED) is 0.841. The fourth-order valence-corrected chi connectivity index (χ4v) is 3.58. The summed E-state index contributed by atoms with van der Waals surface area (Å²) in [6.07, 6.45) is 1.10. The van der Waals surface area contributed by atoms with E-state index in [2.05, 4.69) is 0 Å². The summed E-state index contributed by atoms with van der Waals surface area (Å²) in [4.78, 5) is 14.6. The first-order chi connectivity index (χ1) is 12.2. The highest BCUT2D eigenvalue weighted by Gasteiger charge is 2.34. The van der Waals surface area contributed by atoms with E-state index in [-0.39, 0.29) is 24.2 Å². The molecule has 2 aromatic carbocycles. The number of amides is 1. The molecular weight excluding hydrogens is 321 g/mol. The largest absolute Gasteiger partial charge is 0.485 e. The number of likely N-dealkylation sites (tertiary alicyclic amines) is 1. The van der Waals surface area contributed by atoms with Crippen molar-refractivity contribution in [3.8, 4) is 11.5 Å². The third-order valence-electron chi connectivity index (χ3n) is 4.86. The van der Waals surface area contributed by atoms with Crippen molar-refractivity contribution in [1.82, 2.24) is 4.90 Å². The second kappa shape index (κ2) is 6.75. The van der Waals surface area contributed by atoms with Crippen LogP contribution in [0.4, 0.5) is 4.39 Å². The Morgan fingerprint density at radius 2 is 1.84 bits per heavy atom. The first-order valence-electron chi connectivity index (χ1n) is 8.64. The van der Waals surface area contributed by atoms with E-state index < -0.39 is 6.10 Å². The average molecular weight is 341 g/mol. The molecule has 1 fully saturated rings. The third-order valence-corrected chi connectivity index (χ3v) is 4.86. The van der Waals surface area contributed by atoms with Gasteiger partial charge < -0.3 is 14.4 Å². The van der Waals surface area contributed by atoms with Gasteiger partial charge in [0, 0.05) is 19.0 Å². The van der Waals surface area contributed by atoms with E-state index in [1.807, 2.05) is 30.3 Å². The van der Waals surface area contributed by atoms with Gasteiger partial charge in [0.25, 0.3) is 5.91 Å². The molecule has 4 nitrogen and oxygen atoms in total. The zero-order chi connectivity index (χ0) is 17.2. The van der Waals surface area contributed by atoms with Crippen LogP contribution in [0.2, 0.25) is 0 Å². The van der Waals surface area contributed by atoms with Gasteiger partial charge in [-0.25, -0.2) is 4.39 Å². The molecule has 2 aliphatic rings. The van der Waals surface area contributed by atoms with Crippen LogP contribution in [0.25, 0.3) is 0 Å². The van der Waals surface area contributed by atoms with Crippen LogP contribution in [0.5, 0.6) is 11.5 Å². The summed E-state index contributed by atoms with van der Waals surface area (Å²) in [6, 6.07) is 14.2. The number of fused-ring (bicyclic) bond motifs is 1. The van der Waals surface area contributed by atoms with Gasteiger partial charge in [0.1, 0.15) is 12.4 Å². The third kappa shape index (κ3) is 3.18. The smallest absolute Gasteiger partial charge is 0.267 e. The van der Waals surface area contributed by atoms with Crippen molar-refractivity contribution in [3.63, 3.8) is 0 Å². The molecule has 4 rings (SSSR count). The summed E-state index contributed by atoms with van der Waals surface area (Å²) in [7, 11) is 0. The van der Waals surface area contributed by atoms with E-state index >= 15 is 0 Å². The lowest BCUT2D eigenvalue weighted by atomic mass is 9.90. The molecule has 0 bridgehead atoms. The van der Waals surface area contributed by atoms with Gasteiger partial charge >= 0.3 is 0 Å². The molecule has 2 atom stereocenters. The van der Waals surface area contributed by atoms with E-state index in [1.54, 1.807) is 17.0 Å². The van der Waals surface area contributed by atoms with Gasteiger partial charge in [0.15, 0.2) is 11.5 Å². The van der Waals surface area contributed by atoms with Crippen molar-refractivity contribution in [2.75, 3.05) is 19.7 Å². The molecule has 0 aliphatic carbocycles. The first kappa shape index (κ1) is 15.9. The number of nitrogens with zero attached hydrogens (tertiary/aromatic N) is 1. The normalized spacial score (nSPS) is 22.5. The molecule has 0 unspecified atom stereocenters. The van der Waals surface area contributed by atoms with Crippen molar-refractivity contribution in [3.05, 3.63) is 59.9 Å². The second-order valence-electron chi connectivity index (χ2n) is 6.51. The number of carbonyl (C=O) groups excluding carboxylic acids is 1. The Kier molecular flexibility index (Phi) is 4.30. The number of hydrogen-bond donors (Lipinski definition) is 0. The standard InChI is InChI=1S/C20H20FNO3/c21-16-8-2-1-7-15(16)14-6-5-11-22(12-14)20(23)19-13-24-17-9-3-4-10-18(17)25-19/h1-4,7-10,14,19H,5-6,11-13H2/t14-,19+/m0/s1. The average Bonchev–Trinajstić information content (AvgIpc) is 2.67. The van der Waals surface area contributed by atoms with Gasteiger partial charge in [0.05, 0.1) is 0 Å². The van der Waals surface area contributed by atoms with Gasteiger partial charge in [-0.15, -0.1) is 0 Å². The predicted molar refractivity (Wildman–Crippen MR) is 91.3 cm³/mol. The van der Waals surface area contributed by atoms with Crippen LogP contribution >= 0.6 is 0 Å². The highest BCUT2D eigenvalue weighted by molar-refractivity contribution is 5.82. The van der Waals surface area contributed by atoms with Crippen LogP contribution < -0.4 is 9.47 Å². The number of piperidine rings is 1. The summed E-state index contributed by atoms with van der Waals surface area (Å²) < 4.78 is 25.5. The lowest BCUT2D eigenvalue weighted by Gasteiger charge is -2.36. The van der Waals surface area contributed by atoms with Crippen LogP contribution in [-0.2, 0) is 4.79 Å². The molecule has 1 saturated heterocycles. The SMILES string of the molecule is O=C([C@H]1COc2ccccc2O1)N1CCC[C@H](c2ccccc2F)C1. The number of halogens is 1. The van der Waals surface area contributed by atoms with Gasteiger partial charge in [-0.05, 0) is 36.6 Å². The lowest BCUT2D eigenvalue weighted by molar-refractivity contribution is -0.142. The van der Waals surface area contributed by atoms with Gasteiger partial charge in [-0.3, -0.25) is 4.79 Å². The van der Waals surface area contributed by atoms with Gasteiger partial charge in [0.2, 0.25) is 6.10 Å². The fraction of sp³-hybridized carbons (Fsp3) is 0.350. The molecule has 1 amide bonds. The number of rotatable bonds is 2. The predicted octanol–water partition coefficient (Wildman–Crippen LogP) is 3.37. The summed E-state index contributed by atoms with van der Waals surface area (Å²) in [5.41, 5.74) is 0.686. The second-order valence-corrected chi connectivity index (χ2v) is 6.51. The molecule has 2 aliphatic heterocycles. The van der Waals surface area contributed by atoms with Crippen molar-refractivity contribution >= 4 is 5.91 Å². The Balaban J connectivity index is 1.47. The Morgan fingerprint density at radius 3 is 2.68 bits per heavy atom. The molecule has 0 radical (unpaired) electrons. The molecule has 0 N–H and O–H groups in total. The number of carbonyl (C=O) groups is 1. The monoisotopic (exact) mass is 341 g/mol. The summed E-state index contributed by atoms with van der Waals surface area (Å²) in [6.45, 7) is 1.39. The van der Waals surface area contributed by atoms with Crippen molar-refractivity contribution < 1.29 is 18.7 Å². The number of ether oxygens (including phenoxy) is 2. The highest BCUT2D eigenvalue weighted by atomic mass is 19.1. The van der Waals surface area contributed by atoms with E-state index in [0.717, 1.165) is 12.8 Å². The van der Waals surface area contributed by atoms with Crippen LogP contribution in [0, 0.1) is 5.82 Å². The van der Waals surface area contributed by atoms with Crippen molar-refractivity contribution in [1.29, 1.82) is 0 Å². The Hall–Kier alpha value is -2.56. The molecule has 2 aromatic rings. The maximum absolute atomic E-state index is 14.1. The minimum absolute atomic E-state index is 0.0238. The van der Waals surface area contributed by atoms with E-state index in [1.165, 1.54) is 6.07 Å². The minimum atomic E-state index is -0.644. The summed E-state index contributed by atoms with van der Waals surface area (Å²) in [5, 5.41) is 0. The molecule has 0 aromatic heterocycles. The number of hydrogen-bond acceptors (Lipinski definition) is 3. The van der Waals surface area contributed by atoms with Gasteiger partial charge in [-0.2, -0.15) is 0 Å². The Labute approximate surface area is 146 Å². The zero-order valence-electron chi connectivity index (χ0n) is 13.9. The molecule has 0 saturated carbocycles. The first-order valence-corrected chi connectivity index (χ1v) is 8.64. The van der Waals surface area contributed by atoms with Crippen molar-refractivity contribution in [2.24, 2.45) is 0 Å². The molecular formula is C20H20FNO3. The van der Waals surface area contributed by atoms with Crippen LogP contribution in [0.15, 0.2) is 48.5 Å². The topological polar surface area (TPSA) is 38.8 Å². The van der Waals surface area contributed by atoms with Crippen molar-refractivity contribution in [2.45, 2.75) is 24.9 Å². The summed E-state index contributed by atoms with van der Waals surface area (Å²) in [5.74, 6) is 0.989. The maximum Gasteiger partial charge on any atom is 0.267 e. The molecule has 0 spiro atoms. The Morgan fingerprint density at radius 1 is 1.08 bits per heavy atom. The van der Waals surface area contributed by atoms with E-state index in [9.17, 15) is 9.18 Å². The van der Waals surface area contributed by atoms with E-state index in [0.29, 0.717) is 30.2 Å². The van der Waals surface area contributed by atoms with E-state index in [4.69, 9.17) is 9.47 Å². The highest BCUT2D eigenvalue weighted by Crippen LogP contribution is 2.33.